The van der Waals surface area contributed by atoms with Crippen LogP contribution in [0, 0.1) is 5.82 Å². The maximum absolute atomic E-state index is 13.8. The Morgan fingerprint density at radius 2 is 2.25 bits per heavy atom. The molecule has 1 heterocycles. The van der Waals surface area contributed by atoms with Gasteiger partial charge in [0.15, 0.2) is 0 Å². The molecule has 0 fully saturated rings. The van der Waals surface area contributed by atoms with Crippen LogP contribution >= 0.6 is 0 Å². The van der Waals surface area contributed by atoms with Gasteiger partial charge in [-0.3, -0.25) is 0 Å². The van der Waals surface area contributed by atoms with Gasteiger partial charge in [-0.15, -0.1) is 0 Å². The number of aromatic nitrogens is 2. The lowest BCUT2D eigenvalue weighted by molar-refractivity contribution is 0.625. The number of imidazole rings is 1. The Hall–Kier alpha value is -1.68. The Bertz CT molecular complexity index is 491. The lowest BCUT2D eigenvalue weighted by Gasteiger charge is -2.06. The van der Waals surface area contributed by atoms with Crippen molar-refractivity contribution in [3.05, 3.63) is 42.0 Å². The minimum atomic E-state index is -0.234. The van der Waals surface area contributed by atoms with E-state index in [-0.39, 0.29) is 5.82 Å². The van der Waals surface area contributed by atoms with Crippen molar-refractivity contribution in [1.29, 1.82) is 0 Å². The van der Waals surface area contributed by atoms with Gasteiger partial charge in [-0.25, -0.2) is 9.37 Å². The van der Waals surface area contributed by atoms with E-state index in [0.29, 0.717) is 17.9 Å². The van der Waals surface area contributed by atoms with Gasteiger partial charge < -0.3 is 9.88 Å². The van der Waals surface area contributed by atoms with E-state index in [9.17, 15) is 4.39 Å². The van der Waals surface area contributed by atoms with Crippen molar-refractivity contribution in [1.82, 2.24) is 14.9 Å². The second-order valence-corrected chi connectivity index (χ2v) is 3.71. The van der Waals surface area contributed by atoms with Gasteiger partial charge in [-0.05, 0) is 24.7 Å². The van der Waals surface area contributed by atoms with Crippen molar-refractivity contribution < 1.29 is 4.39 Å². The first-order valence-corrected chi connectivity index (χ1v) is 5.13. The molecule has 0 bridgehead atoms. The summed E-state index contributed by atoms with van der Waals surface area (Å²) in [5, 5.41) is 2.99. The van der Waals surface area contributed by atoms with Crippen LogP contribution in [0.3, 0.4) is 0 Å². The van der Waals surface area contributed by atoms with E-state index in [4.69, 9.17) is 0 Å². The summed E-state index contributed by atoms with van der Waals surface area (Å²) in [5.41, 5.74) is 1.46. The van der Waals surface area contributed by atoms with Crippen molar-refractivity contribution >= 4 is 0 Å². The molecular weight excluding hydrogens is 205 g/mol. The molecule has 2 aromatic rings. The zero-order valence-corrected chi connectivity index (χ0v) is 9.37. The van der Waals surface area contributed by atoms with Gasteiger partial charge in [0.2, 0.25) is 0 Å². The highest BCUT2D eigenvalue weighted by atomic mass is 19.1. The van der Waals surface area contributed by atoms with E-state index >= 15 is 0 Å². The Labute approximate surface area is 93.9 Å². The van der Waals surface area contributed by atoms with Crippen molar-refractivity contribution in [2.45, 2.75) is 6.54 Å². The van der Waals surface area contributed by atoms with Gasteiger partial charge in [0, 0.05) is 26.0 Å². The average Bonchev–Trinajstić information content (AvgIpc) is 2.65. The molecule has 3 nitrogen and oxygen atoms in total. The van der Waals surface area contributed by atoms with Crippen LogP contribution in [0.4, 0.5) is 4.39 Å². The molecule has 0 amide bonds. The van der Waals surface area contributed by atoms with Gasteiger partial charge >= 0.3 is 0 Å². The topological polar surface area (TPSA) is 29.9 Å². The molecule has 1 aromatic heterocycles. The minimum Gasteiger partial charge on any atom is -0.334 e. The highest BCUT2D eigenvalue weighted by Crippen LogP contribution is 2.21. The number of nitrogens with zero attached hydrogens (tertiary/aromatic N) is 2. The third-order valence-corrected chi connectivity index (χ3v) is 2.48. The van der Waals surface area contributed by atoms with Crippen LogP contribution in [0.2, 0.25) is 0 Å². The molecule has 84 valence electrons. The van der Waals surface area contributed by atoms with E-state index in [1.54, 1.807) is 29.1 Å². The van der Waals surface area contributed by atoms with Crippen LogP contribution in [-0.4, -0.2) is 16.6 Å². The zero-order chi connectivity index (χ0) is 11.5. The molecule has 0 saturated heterocycles. The van der Waals surface area contributed by atoms with E-state index in [0.717, 1.165) is 5.56 Å². The summed E-state index contributed by atoms with van der Waals surface area (Å²) in [6, 6.07) is 5.22. The number of rotatable bonds is 3. The normalized spacial score (nSPS) is 10.7. The lowest BCUT2D eigenvalue weighted by Crippen LogP contribution is -2.05. The molecule has 0 aliphatic heterocycles. The summed E-state index contributed by atoms with van der Waals surface area (Å²) in [6.45, 7) is 0.664. The van der Waals surface area contributed by atoms with Gasteiger partial charge in [0.1, 0.15) is 11.6 Å². The first-order valence-electron chi connectivity index (χ1n) is 5.13. The van der Waals surface area contributed by atoms with Crippen molar-refractivity contribution in [2.75, 3.05) is 7.05 Å². The first kappa shape index (κ1) is 10.8. The van der Waals surface area contributed by atoms with Gasteiger partial charge in [0.25, 0.3) is 0 Å². The molecule has 1 N–H and O–H groups in total. The number of nitrogens with one attached hydrogen (secondary N) is 1. The van der Waals surface area contributed by atoms with E-state index in [1.807, 2.05) is 20.2 Å². The molecule has 0 atom stereocenters. The van der Waals surface area contributed by atoms with Crippen LogP contribution in [-0.2, 0) is 13.6 Å². The second kappa shape index (κ2) is 4.45. The minimum absolute atomic E-state index is 0.234. The molecule has 0 saturated carbocycles. The number of aryl methyl sites for hydroxylation is 1. The van der Waals surface area contributed by atoms with Crippen LogP contribution in [0.25, 0.3) is 11.4 Å². The Morgan fingerprint density at radius 1 is 1.44 bits per heavy atom. The monoisotopic (exact) mass is 219 g/mol. The molecule has 0 spiro atoms. The predicted octanol–water partition coefficient (Wildman–Crippen LogP) is 1.95. The molecular formula is C12H14FN3. The summed E-state index contributed by atoms with van der Waals surface area (Å²) in [7, 11) is 3.69. The maximum atomic E-state index is 13.8. The molecule has 4 heteroatoms. The highest BCUT2D eigenvalue weighted by molar-refractivity contribution is 5.57. The SMILES string of the molecule is CNCc1ccc(-c2nccn2C)c(F)c1. The number of halogens is 1. The number of hydrogen-bond donors (Lipinski definition) is 1. The van der Waals surface area contributed by atoms with E-state index < -0.39 is 0 Å². The third-order valence-electron chi connectivity index (χ3n) is 2.48. The standard InChI is InChI=1S/C12H14FN3/c1-14-8-9-3-4-10(11(13)7-9)12-15-5-6-16(12)2/h3-7,14H,8H2,1-2H3. The largest absolute Gasteiger partial charge is 0.334 e. The molecule has 0 unspecified atom stereocenters. The third kappa shape index (κ3) is 1.97. The smallest absolute Gasteiger partial charge is 0.142 e. The maximum Gasteiger partial charge on any atom is 0.142 e. The molecule has 16 heavy (non-hydrogen) atoms. The Morgan fingerprint density at radius 3 is 2.81 bits per heavy atom. The first-order chi connectivity index (χ1) is 7.72. The molecule has 1 aromatic carbocycles. The number of benzene rings is 1. The van der Waals surface area contributed by atoms with Gasteiger partial charge in [0.05, 0.1) is 5.56 Å². The molecule has 0 aliphatic carbocycles. The summed E-state index contributed by atoms with van der Waals surface area (Å²) in [4.78, 5) is 4.13. The quantitative estimate of drug-likeness (QED) is 0.855. The second-order valence-electron chi connectivity index (χ2n) is 3.71. The Balaban J connectivity index is 2.40. The average molecular weight is 219 g/mol. The molecule has 2 rings (SSSR count). The van der Waals surface area contributed by atoms with Crippen molar-refractivity contribution in [3.8, 4) is 11.4 Å². The van der Waals surface area contributed by atoms with Gasteiger partial charge in [-0.1, -0.05) is 6.07 Å². The van der Waals surface area contributed by atoms with E-state index in [1.165, 1.54) is 0 Å². The highest BCUT2D eigenvalue weighted by Gasteiger charge is 2.09. The molecule has 0 radical (unpaired) electrons. The summed E-state index contributed by atoms with van der Waals surface area (Å²) in [5.74, 6) is 0.413. The van der Waals surface area contributed by atoms with E-state index in [2.05, 4.69) is 10.3 Å². The van der Waals surface area contributed by atoms with Crippen LogP contribution < -0.4 is 5.32 Å². The fraction of sp³-hybridized carbons (Fsp3) is 0.250. The summed E-state index contributed by atoms with van der Waals surface area (Å²) >= 11 is 0. The van der Waals surface area contributed by atoms with Crippen LogP contribution in [0.15, 0.2) is 30.6 Å². The summed E-state index contributed by atoms with van der Waals surface area (Å²) < 4.78 is 15.6. The fourth-order valence-corrected chi connectivity index (χ4v) is 1.68. The lowest BCUT2D eigenvalue weighted by atomic mass is 10.1. The van der Waals surface area contributed by atoms with Gasteiger partial charge in [-0.2, -0.15) is 0 Å². The summed E-state index contributed by atoms with van der Waals surface area (Å²) in [6.07, 6.45) is 3.46. The van der Waals surface area contributed by atoms with Crippen molar-refractivity contribution in [3.63, 3.8) is 0 Å². The fourth-order valence-electron chi connectivity index (χ4n) is 1.68. The predicted molar refractivity (Wildman–Crippen MR) is 61.4 cm³/mol. The van der Waals surface area contributed by atoms with Crippen LogP contribution in [0.1, 0.15) is 5.56 Å². The number of hydrogen-bond acceptors (Lipinski definition) is 2. The molecule has 0 aliphatic rings. The Kier molecular flexibility index (Phi) is 3.01. The zero-order valence-electron chi connectivity index (χ0n) is 9.37. The van der Waals surface area contributed by atoms with Crippen LogP contribution in [0.5, 0.6) is 0 Å². The van der Waals surface area contributed by atoms with Crippen molar-refractivity contribution in [2.24, 2.45) is 7.05 Å².